The van der Waals surface area contributed by atoms with Gasteiger partial charge in [-0.2, -0.15) is 23.7 Å². The zero-order valence-electron chi connectivity index (χ0n) is 36.1. The minimum atomic E-state index is -4.44. The Kier molecular flexibility index (Phi) is 14.2. The fourth-order valence-corrected chi connectivity index (χ4v) is 6.47. The lowest BCUT2D eigenvalue weighted by molar-refractivity contribution is -0.137. The van der Waals surface area contributed by atoms with Crippen LogP contribution >= 0.6 is 0 Å². The molecular weight excluding hydrogens is 809 g/mol. The van der Waals surface area contributed by atoms with Crippen LogP contribution in [0.15, 0.2) is 110 Å². The second-order valence-electron chi connectivity index (χ2n) is 16.5. The number of hydrogen-bond acceptors (Lipinski definition) is 8. The van der Waals surface area contributed by atoms with Crippen molar-refractivity contribution in [3.63, 3.8) is 0 Å². The SMILES string of the molecule is CC(C)c1ncncc1-c1cc(C(=O)NC(C)(C)C#N)cc(-c2ccc(C(F)(F)F)cc2)c1.CC(C)c1ncncc1-c1cc(C(=O)NC(C)(C)C#N)cc(-c2ccc(F)cc2)c1. The van der Waals surface area contributed by atoms with Crippen molar-refractivity contribution in [3.05, 3.63) is 144 Å². The summed E-state index contributed by atoms with van der Waals surface area (Å²) in [7, 11) is 0. The van der Waals surface area contributed by atoms with Gasteiger partial charge in [0.05, 0.1) is 29.1 Å². The molecule has 4 aromatic carbocycles. The van der Waals surface area contributed by atoms with E-state index >= 15 is 0 Å². The molecule has 6 aromatic rings. The van der Waals surface area contributed by atoms with Crippen molar-refractivity contribution in [2.75, 3.05) is 0 Å². The molecule has 322 valence electrons. The van der Waals surface area contributed by atoms with E-state index in [1.165, 1.54) is 36.9 Å². The second kappa shape index (κ2) is 19.2. The minimum absolute atomic E-state index is 0.0764. The van der Waals surface area contributed by atoms with Gasteiger partial charge in [-0.1, -0.05) is 52.0 Å². The Morgan fingerprint density at radius 3 is 1.29 bits per heavy atom. The number of alkyl halides is 3. The highest BCUT2D eigenvalue weighted by Gasteiger charge is 2.30. The first-order valence-corrected chi connectivity index (χ1v) is 19.9. The molecule has 2 heterocycles. The van der Waals surface area contributed by atoms with Gasteiger partial charge in [0.25, 0.3) is 11.8 Å². The van der Waals surface area contributed by atoms with Gasteiger partial charge in [-0.3, -0.25) is 9.59 Å². The molecule has 14 heteroatoms. The van der Waals surface area contributed by atoms with Gasteiger partial charge in [-0.15, -0.1) is 0 Å². The third-order valence-corrected chi connectivity index (χ3v) is 9.73. The fourth-order valence-electron chi connectivity index (χ4n) is 6.47. The van der Waals surface area contributed by atoms with Crippen LogP contribution in [0.5, 0.6) is 0 Å². The molecule has 0 radical (unpaired) electrons. The Labute approximate surface area is 364 Å². The molecule has 0 aliphatic rings. The van der Waals surface area contributed by atoms with E-state index in [0.717, 1.165) is 51.3 Å². The van der Waals surface area contributed by atoms with Crippen molar-refractivity contribution in [3.8, 4) is 56.6 Å². The molecule has 0 aliphatic carbocycles. The maximum absolute atomic E-state index is 13.4. The van der Waals surface area contributed by atoms with Gasteiger partial charge in [-0.25, -0.2) is 24.3 Å². The van der Waals surface area contributed by atoms with Crippen molar-refractivity contribution in [1.29, 1.82) is 10.5 Å². The van der Waals surface area contributed by atoms with Crippen LogP contribution in [0.1, 0.15) is 105 Å². The smallest absolute Gasteiger partial charge is 0.334 e. The Hall–Kier alpha value is -7.32. The lowest BCUT2D eigenvalue weighted by Gasteiger charge is -2.19. The van der Waals surface area contributed by atoms with Crippen molar-refractivity contribution in [2.24, 2.45) is 0 Å². The molecule has 63 heavy (non-hydrogen) atoms. The molecule has 0 bridgehead atoms. The van der Waals surface area contributed by atoms with Crippen LogP contribution in [-0.4, -0.2) is 42.8 Å². The Morgan fingerprint density at radius 2 is 0.937 bits per heavy atom. The number of amides is 2. The van der Waals surface area contributed by atoms with Crippen LogP contribution in [-0.2, 0) is 6.18 Å². The van der Waals surface area contributed by atoms with E-state index in [0.29, 0.717) is 22.3 Å². The Balaban J connectivity index is 0.000000239. The van der Waals surface area contributed by atoms with Gasteiger partial charge in [0.15, 0.2) is 0 Å². The molecule has 6 rings (SSSR count). The Morgan fingerprint density at radius 1 is 0.571 bits per heavy atom. The standard InChI is InChI=1S/C25H23F3N4O.C24H23FN4O/c1-15(2)22-21(12-30-14-31-22)18-9-17(16-5-7-20(8-6-16)25(26,27)28)10-19(11-18)23(33)32-24(3,4)13-29;1-15(2)22-21(12-27-14-28-22)18-9-17(16-5-7-20(25)8-6-16)10-19(11-18)23(30)29-24(3,4)13-26/h5-12,14-15H,1-4H3,(H,32,33);5-12,14-15H,1-4H3,(H,29,30). The fraction of sp³-hybridized carbons (Fsp3) is 0.265. The minimum Gasteiger partial charge on any atom is -0.334 e. The van der Waals surface area contributed by atoms with Crippen molar-refractivity contribution >= 4 is 11.8 Å². The first kappa shape index (κ1) is 46.7. The summed E-state index contributed by atoms with van der Waals surface area (Å²) in [5, 5.41) is 23.9. The largest absolute Gasteiger partial charge is 0.416 e. The number of nitrogens with one attached hydrogen (secondary N) is 2. The van der Waals surface area contributed by atoms with E-state index in [9.17, 15) is 37.7 Å². The summed E-state index contributed by atoms with van der Waals surface area (Å²) < 4.78 is 52.4. The zero-order chi connectivity index (χ0) is 46.3. The molecule has 0 aliphatic heterocycles. The Bertz CT molecular complexity index is 2700. The highest BCUT2D eigenvalue weighted by atomic mass is 19.4. The molecule has 0 saturated carbocycles. The summed E-state index contributed by atoms with van der Waals surface area (Å²) in [5.74, 6) is -0.934. The summed E-state index contributed by atoms with van der Waals surface area (Å²) in [6, 6.07) is 25.4. The van der Waals surface area contributed by atoms with Crippen LogP contribution in [0.3, 0.4) is 0 Å². The van der Waals surface area contributed by atoms with E-state index in [1.807, 2.05) is 39.8 Å². The summed E-state index contributed by atoms with van der Waals surface area (Å²) >= 11 is 0. The summed E-state index contributed by atoms with van der Waals surface area (Å²) in [5.41, 5.74) is 5.01. The van der Waals surface area contributed by atoms with Crippen LogP contribution in [0.4, 0.5) is 17.6 Å². The average molecular weight is 855 g/mol. The molecular formula is C49H46F4N8O2. The van der Waals surface area contributed by atoms with Crippen molar-refractivity contribution in [1.82, 2.24) is 30.6 Å². The lowest BCUT2D eigenvalue weighted by Crippen LogP contribution is -2.42. The number of carbonyl (C=O) groups is 2. The van der Waals surface area contributed by atoms with Crippen molar-refractivity contribution < 1.29 is 27.2 Å². The number of aromatic nitrogens is 4. The monoisotopic (exact) mass is 854 g/mol. The highest BCUT2D eigenvalue weighted by molar-refractivity contribution is 5.99. The number of nitriles is 2. The van der Waals surface area contributed by atoms with Gasteiger partial charge in [0, 0.05) is 34.6 Å². The summed E-state index contributed by atoms with van der Waals surface area (Å²) in [4.78, 5) is 42.9. The molecule has 0 atom stereocenters. The predicted octanol–water partition coefficient (Wildman–Crippen LogP) is 11.1. The van der Waals surface area contributed by atoms with Crippen molar-refractivity contribution in [2.45, 2.75) is 84.5 Å². The molecule has 0 unspecified atom stereocenters. The topological polar surface area (TPSA) is 157 Å². The number of carbonyl (C=O) groups excluding carboxylic acids is 2. The van der Waals surface area contributed by atoms with E-state index in [-0.39, 0.29) is 29.1 Å². The second-order valence-corrected chi connectivity index (χ2v) is 16.5. The maximum atomic E-state index is 13.4. The first-order chi connectivity index (χ1) is 29.6. The van der Waals surface area contributed by atoms with Gasteiger partial charge in [0.2, 0.25) is 0 Å². The molecule has 2 N–H and O–H groups in total. The normalized spacial score (nSPS) is 11.6. The maximum Gasteiger partial charge on any atom is 0.416 e. The molecule has 10 nitrogen and oxygen atoms in total. The third-order valence-electron chi connectivity index (χ3n) is 9.73. The molecule has 0 saturated heterocycles. The number of rotatable bonds is 10. The molecule has 2 amide bonds. The van der Waals surface area contributed by atoms with Gasteiger partial charge in [0.1, 0.15) is 29.5 Å². The van der Waals surface area contributed by atoms with Gasteiger partial charge < -0.3 is 10.6 Å². The third kappa shape index (κ3) is 12.0. The first-order valence-electron chi connectivity index (χ1n) is 19.9. The van der Waals surface area contributed by atoms with Crippen LogP contribution in [0.25, 0.3) is 44.5 Å². The number of hydrogen-bond donors (Lipinski definition) is 2. The lowest BCUT2D eigenvalue weighted by atomic mass is 9.93. The van der Waals surface area contributed by atoms with Gasteiger partial charge >= 0.3 is 6.18 Å². The van der Waals surface area contributed by atoms with E-state index < -0.39 is 28.7 Å². The van der Waals surface area contributed by atoms with Crippen LogP contribution in [0.2, 0.25) is 0 Å². The van der Waals surface area contributed by atoms with Crippen LogP contribution < -0.4 is 10.6 Å². The molecule has 2 aromatic heterocycles. The van der Waals surface area contributed by atoms with Crippen LogP contribution in [0, 0.1) is 28.5 Å². The summed E-state index contributed by atoms with van der Waals surface area (Å²) in [6.07, 6.45) is 1.89. The quantitative estimate of drug-likeness (QED) is 0.129. The van der Waals surface area contributed by atoms with Gasteiger partial charge in [-0.05, 0) is 134 Å². The number of benzene rings is 4. The number of halogens is 4. The predicted molar refractivity (Wildman–Crippen MR) is 233 cm³/mol. The molecule has 0 fully saturated rings. The highest BCUT2D eigenvalue weighted by Crippen LogP contribution is 2.35. The van der Waals surface area contributed by atoms with E-state index in [2.05, 4.69) is 36.6 Å². The number of nitrogens with zero attached hydrogens (tertiary/aromatic N) is 6. The zero-order valence-corrected chi connectivity index (χ0v) is 36.1. The summed E-state index contributed by atoms with van der Waals surface area (Å²) in [6.45, 7) is 14.5. The average Bonchev–Trinajstić information content (AvgIpc) is 3.26. The van der Waals surface area contributed by atoms with E-state index in [1.54, 1.807) is 82.6 Å². The molecule has 0 spiro atoms. The van der Waals surface area contributed by atoms with E-state index in [4.69, 9.17) is 0 Å².